The lowest BCUT2D eigenvalue weighted by atomic mass is 10.1. The zero-order chi connectivity index (χ0) is 21.4. The molecule has 0 bridgehead atoms. The van der Waals surface area contributed by atoms with Crippen molar-refractivity contribution >= 4 is 11.8 Å². The van der Waals surface area contributed by atoms with Crippen molar-refractivity contribution in [3.8, 4) is 5.75 Å². The van der Waals surface area contributed by atoms with Gasteiger partial charge in [-0.15, -0.1) is 0 Å². The Balaban J connectivity index is 2.33. The Kier molecular flexibility index (Phi) is 8.19. The minimum Gasteiger partial charge on any atom is -0.497 e. The average Bonchev–Trinajstić information content (AvgIpc) is 2.69. The Morgan fingerprint density at radius 2 is 1.86 bits per heavy atom. The summed E-state index contributed by atoms with van der Waals surface area (Å²) in [7, 11) is 1.57. The summed E-state index contributed by atoms with van der Waals surface area (Å²) in [6, 6.07) is 12.9. The summed E-state index contributed by atoms with van der Waals surface area (Å²) >= 11 is 0. The minimum atomic E-state index is -0.650. The molecule has 0 saturated carbocycles. The number of benzene rings is 2. The molecular formula is C23H29FN2O3. The van der Waals surface area contributed by atoms with Gasteiger partial charge in [-0.05, 0) is 49.6 Å². The molecule has 0 aliphatic rings. The second-order valence-corrected chi connectivity index (χ2v) is 7.23. The third-order valence-corrected chi connectivity index (χ3v) is 4.60. The van der Waals surface area contributed by atoms with E-state index < -0.39 is 11.9 Å². The van der Waals surface area contributed by atoms with Crippen LogP contribution in [0.15, 0.2) is 48.5 Å². The molecule has 1 unspecified atom stereocenters. The van der Waals surface area contributed by atoms with Crippen LogP contribution in [-0.4, -0.2) is 35.9 Å². The zero-order valence-corrected chi connectivity index (χ0v) is 17.4. The number of carbonyl (C=O) groups is 2. The van der Waals surface area contributed by atoms with E-state index in [0.717, 1.165) is 5.56 Å². The van der Waals surface area contributed by atoms with E-state index in [9.17, 15) is 14.0 Å². The van der Waals surface area contributed by atoms with Gasteiger partial charge in [-0.25, -0.2) is 4.39 Å². The molecule has 0 radical (unpaired) electrons. The predicted molar refractivity (Wildman–Crippen MR) is 111 cm³/mol. The fourth-order valence-electron chi connectivity index (χ4n) is 3.17. The summed E-state index contributed by atoms with van der Waals surface area (Å²) in [6.45, 7) is 5.84. The number of nitrogens with one attached hydrogen (secondary N) is 1. The number of hydrogen-bond acceptors (Lipinski definition) is 3. The first-order chi connectivity index (χ1) is 13.8. The molecule has 0 spiro atoms. The maximum atomic E-state index is 14.1. The first kappa shape index (κ1) is 22.4. The predicted octanol–water partition coefficient (Wildman–Crippen LogP) is 3.71. The number of halogens is 1. The van der Waals surface area contributed by atoms with Crippen molar-refractivity contribution in [3.63, 3.8) is 0 Å². The Morgan fingerprint density at radius 1 is 1.14 bits per heavy atom. The number of methoxy groups -OCH3 is 1. The molecule has 2 aromatic carbocycles. The van der Waals surface area contributed by atoms with Gasteiger partial charge in [-0.1, -0.05) is 37.3 Å². The van der Waals surface area contributed by atoms with E-state index in [-0.39, 0.29) is 30.8 Å². The van der Waals surface area contributed by atoms with Crippen LogP contribution in [0.2, 0.25) is 0 Å². The van der Waals surface area contributed by atoms with E-state index in [2.05, 4.69) is 5.32 Å². The Labute approximate surface area is 171 Å². The molecule has 0 saturated heterocycles. The van der Waals surface area contributed by atoms with Crippen LogP contribution in [0, 0.1) is 5.82 Å². The number of carbonyl (C=O) groups excluding carboxylic acids is 2. The monoisotopic (exact) mass is 400 g/mol. The summed E-state index contributed by atoms with van der Waals surface area (Å²) < 4.78 is 19.3. The van der Waals surface area contributed by atoms with Gasteiger partial charge >= 0.3 is 0 Å². The molecule has 6 heteroatoms. The third kappa shape index (κ3) is 6.31. The van der Waals surface area contributed by atoms with E-state index in [1.165, 1.54) is 11.0 Å². The van der Waals surface area contributed by atoms with Gasteiger partial charge < -0.3 is 15.0 Å². The maximum absolute atomic E-state index is 14.1. The highest BCUT2D eigenvalue weighted by Gasteiger charge is 2.29. The van der Waals surface area contributed by atoms with Crippen molar-refractivity contribution in [2.75, 3.05) is 7.11 Å². The number of nitrogens with zero attached hydrogens (tertiary/aromatic N) is 1. The van der Waals surface area contributed by atoms with Crippen molar-refractivity contribution < 1.29 is 18.7 Å². The van der Waals surface area contributed by atoms with E-state index >= 15 is 0 Å². The molecule has 1 atom stereocenters. The van der Waals surface area contributed by atoms with Crippen molar-refractivity contribution in [1.29, 1.82) is 0 Å². The zero-order valence-electron chi connectivity index (χ0n) is 17.4. The Morgan fingerprint density at radius 3 is 2.48 bits per heavy atom. The number of hydrogen-bond donors (Lipinski definition) is 1. The topological polar surface area (TPSA) is 58.6 Å². The highest BCUT2D eigenvalue weighted by molar-refractivity contribution is 5.88. The maximum Gasteiger partial charge on any atom is 0.243 e. The summed E-state index contributed by atoms with van der Waals surface area (Å²) in [5.41, 5.74) is 1.15. The standard InChI is InChI=1S/C23H29FN2O3/c1-5-21(23(28)25-16(2)3)26(15-17-9-8-11-19(13-17)29-4)22(27)14-18-10-6-7-12-20(18)24/h6-13,16,21H,5,14-15H2,1-4H3,(H,25,28). The molecule has 0 fully saturated rings. The highest BCUT2D eigenvalue weighted by atomic mass is 19.1. The Hall–Kier alpha value is -2.89. The number of ether oxygens (including phenoxy) is 1. The van der Waals surface area contributed by atoms with Crippen molar-refractivity contribution in [2.45, 2.75) is 52.2 Å². The van der Waals surface area contributed by atoms with Crippen LogP contribution in [0.4, 0.5) is 4.39 Å². The van der Waals surface area contributed by atoms with Crippen LogP contribution in [-0.2, 0) is 22.6 Å². The SMILES string of the molecule is CCC(C(=O)NC(C)C)N(Cc1cccc(OC)c1)C(=O)Cc1ccccc1F. The van der Waals surface area contributed by atoms with Crippen LogP contribution in [0.25, 0.3) is 0 Å². The van der Waals surface area contributed by atoms with Gasteiger partial charge in [-0.3, -0.25) is 9.59 Å². The van der Waals surface area contributed by atoms with Gasteiger partial charge in [0, 0.05) is 12.6 Å². The first-order valence-corrected chi connectivity index (χ1v) is 9.81. The second kappa shape index (κ2) is 10.6. The van der Waals surface area contributed by atoms with Gasteiger partial charge in [0.1, 0.15) is 17.6 Å². The van der Waals surface area contributed by atoms with Crippen molar-refractivity contribution in [1.82, 2.24) is 10.2 Å². The molecule has 29 heavy (non-hydrogen) atoms. The summed E-state index contributed by atoms with van der Waals surface area (Å²) in [5, 5.41) is 2.88. The van der Waals surface area contributed by atoms with Gasteiger partial charge in [-0.2, -0.15) is 0 Å². The van der Waals surface area contributed by atoms with Crippen LogP contribution in [0.1, 0.15) is 38.3 Å². The van der Waals surface area contributed by atoms with Crippen LogP contribution < -0.4 is 10.1 Å². The van der Waals surface area contributed by atoms with Crippen LogP contribution >= 0.6 is 0 Å². The molecule has 0 aromatic heterocycles. The molecule has 0 heterocycles. The van der Waals surface area contributed by atoms with E-state index in [1.54, 1.807) is 25.3 Å². The summed E-state index contributed by atoms with van der Waals surface area (Å²) in [6.07, 6.45) is 0.341. The lowest BCUT2D eigenvalue weighted by molar-refractivity contribution is -0.141. The molecule has 2 rings (SSSR count). The minimum absolute atomic E-state index is 0.0445. The molecule has 5 nitrogen and oxygen atoms in total. The molecule has 2 amide bonds. The lowest BCUT2D eigenvalue weighted by Gasteiger charge is -2.31. The molecule has 0 aliphatic carbocycles. The normalized spacial score (nSPS) is 11.8. The lowest BCUT2D eigenvalue weighted by Crippen LogP contribution is -2.50. The summed E-state index contributed by atoms with van der Waals surface area (Å²) in [5.74, 6) is -0.276. The molecule has 2 aromatic rings. The van der Waals surface area contributed by atoms with Gasteiger partial charge in [0.15, 0.2) is 0 Å². The number of amides is 2. The Bertz CT molecular complexity index is 838. The van der Waals surface area contributed by atoms with E-state index in [4.69, 9.17) is 4.74 Å². The first-order valence-electron chi connectivity index (χ1n) is 9.81. The van der Waals surface area contributed by atoms with Gasteiger partial charge in [0.25, 0.3) is 0 Å². The van der Waals surface area contributed by atoms with Crippen molar-refractivity contribution in [3.05, 3.63) is 65.5 Å². The average molecular weight is 400 g/mol. The number of rotatable bonds is 9. The quantitative estimate of drug-likeness (QED) is 0.698. The second-order valence-electron chi connectivity index (χ2n) is 7.23. The van der Waals surface area contributed by atoms with Crippen LogP contribution in [0.5, 0.6) is 5.75 Å². The molecule has 0 aliphatic heterocycles. The van der Waals surface area contributed by atoms with Crippen molar-refractivity contribution in [2.24, 2.45) is 0 Å². The van der Waals surface area contributed by atoms with E-state index in [0.29, 0.717) is 17.7 Å². The molecule has 1 N–H and O–H groups in total. The van der Waals surface area contributed by atoms with Gasteiger partial charge in [0.2, 0.25) is 11.8 Å². The highest BCUT2D eigenvalue weighted by Crippen LogP contribution is 2.19. The van der Waals surface area contributed by atoms with E-state index in [1.807, 2.05) is 45.0 Å². The molecular weight excluding hydrogens is 371 g/mol. The third-order valence-electron chi connectivity index (χ3n) is 4.60. The smallest absolute Gasteiger partial charge is 0.243 e. The van der Waals surface area contributed by atoms with Gasteiger partial charge in [0.05, 0.1) is 13.5 Å². The van der Waals surface area contributed by atoms with Crippen LogP contribution in [0.3, 0.4) is 0 Å². The summed E-state index contributed by atoms with van der Waals surface area (Å²) in [4.78, 5) is 27.4. The molecule has 156 valence electrons. The fourth-order valence-corrected chi connectivity index (χ4v) is 3.17. The fraction of sp³-hybridized carbons (Fsp3) is 0.391. The largest absolute Gasteiger partial charge is 0.497 e.